The second-order valence-electron chi connectivity index (χ2n) is 5.21. The summed E-state index contributed by atoms with van der Waals surface area (Å²) >= 11 is 5.67. The summed E-state index contributed by atoms with van der Waals surface area (Å²) in [4.78, 5) is 10.3. The van der Waals surface area contributed by atoms with E-state index >= 15 is 0 Å². The topological polar surface area (TPSA) is 64.4 Å². The molecule has 0 aliphatic heterocycles. The number of hydrogen-bond donors (Lipinski definition) is 1. The zero-order valence-electron chi connectivity index (χ0n) is 13.2. The maximum Gasteiger partial charge on any atom is 0.418 e. The number of ether oxygens (including phenoxy) is 1. The van der Waals surface area contributed by atoms with Crippen LogP contribution in [0.1, 0.15) is 24.1 Å². The van der Waals surface area contributed by atoms with Crippen molar-refractivity contribution in [2.24, 2.45) is 0 Å². The van der Waals surface area contributed by atoms with Gasteiger partial charge >= 0.3 is 6.18 Å². The summed E-state index contributed by atoms with van der Waals surface area (Å²) in [6.07, 6.45) is -4.78. The van der Waals surface area contributed by atoms with E-state index in [1.54, 1.807) is 31.2 Å². The number of benzene rings is 2. The van der Waals surface area contributed by atoms with Gasteiger partial charge in [-0.15, -0.1) is 0 Å². The average molecular weight is 375 g/mol. The number of nitrogens with one attached hydrogen (secondary N) is 1. The third-order valence-corrected chi connectivity index (χ3v) is 3.88. The number of hydrogen-bond acceptors (Lipinski definition) is 4. The van der Waals surface area contributed by atoms with Crippen LogP contribution in [-0.2, 0) is 6.18 Å². The Morgan fingerprint density at radius 3 is 2.48 bits per heavy atom. The molecule has 2 rings (SSSR count). The molecule has 0 spiro atoms. The number of nitro groups is 1. The summed E-state index contributed by atoms with van der Waals surface area (Å²) in [6, 6.07) is 7.84. The van der Waals surface area contributed by atoms with Crippen molar-refractivity contribution in [2.45, 2.75) is 19.1 Å². The van der Waals surface area contributed by atoms with E-state index < -0.39 is 33.4 Å². The molecular weight excluding hydrogens is 361 g/mol. The largest absolute Gasteiger partial charge is 0.496 e. The zero-order valence-corrected chi connectivity index (χ0v) is 14.0. The normalized spacial score (nSPS) is 12.6. The number of anilines is 1. The maximum absolute atomic E-state index is 12.9. The Hall–Kier alpha value is -2.48. The Morgan fingerprint density at radius 1 is 1.28 bits per heavy atom. The molecule has 0 aliphatic rings. The number of nitro benzene ring substituents is 1. The van der Waals surface area contributed by atoms with Gasteiger partial charge in [-0.1, -0.05) is 29.8 Å². The molecular formula is C16H14ClF3N2O3. The third-order valence-electron chi connectivity index (χ3n) is 3.56. The Balaban J connectivity index is 2.45. The van der Waals surface area contributed by atoms with Crippen LogP contribution in [0, 0.1) is 10.1 Å². The van der Waals surface area contributed by atoms with Crippen molar-refractivity contribution in [3.63, 3.8) is 0 Å². The summed E-state index contributed by atoms with van der Waals surface area (Å²) in [7, 11) is 1.48. The van der Waals surface area contributed by atoms with Gasteiger partial charge in [0, 0.05) is 11.6 Å². The molecule has 1 unspecified atom stereocenters. The van der Waals surface area contributed by atoms with Crippen LogP contribution in [0.2, 0.25) is 5.02 Å². The van der Waals surface area contributed by atoms with Gasteiger partial charge in [0.2, 0.25) is 0 Å². The first-order valence-corrected chi connectivity index (χ1v) is 7.47. The molecule has 0 aliphatic carbocycles. The minimum Gasteiger partial charge on any atom is -0.496 e. The predicted octanol–water partition coefficient (Wildman–Crippen LogP) is 5.45. The summed E-state index contributed by atoms with van der Waals surface area (Å²) in [5.41, 5.74) is -1.38. The van der Waals surface area contributed by atoms with Gasteiger partial charge in [-0.2, -0.15) is 13.2 Å². The quantitative estimate of drug-likeness (QED) is 0.558. The van der Waals surface area contributed by atoms with Crippen molar-refractivity contribution in [3.05, 3.63) is 62.7 Å². The van der Waals surface area contributed by atoms with Crippen molar-refractivity contribution < 1.29 is 22.8 Å². The highest BCUT2D eigenvalue weighted by Crippen LogP contribution is 2.41. The van der Waals surface area contributed by atoms with Gasteiger partial charge in [0.15, 0.2) is 0 Å². The molecule has 0 amide bonds. The van der Waals surface area contributed by atoms with E-state index in [-0.39, 0.29) is 5.69 Å². The second kappa shape index (κ2) is 7.18. The Kier molecular flexibility index (Phi) is 5.42. The minimum atomic E-state index is -4.78. The molecule has 0 bridgehead atoms. The van der Waals surface area contributed by atoms with Crippen LogP contribution in [0.3, 0.4) is 0 Å². The minimum absolute atomic E-state index is 0.110. The second-order valence-corrected chi connectivity index (χ2v) is 5.62. The molecule has 5 nitrogen and oxygen atoms in total. The fourth-order valence-corrected chi connectivity index (χ4v) is 2.65. The van der Waals surface area contributed by atoms with Gasteiger partial charge in [0.25, 0.3) is 5.69 Å². The highest BCUT2D eigenvalue weighted by atomic mass is 35.5. The van der Waals surface area contributed by atoms with Crippen LogP contribution >= 0.6 is 11.6 Å². The molecule has 0 radical (unpaired) electrons. The lowest BCUT2D eigenvalue weighted by Crippen LogP contribution is -2.12. The van der Waals surface area contributed by atoms with Crippen LogP contribution in [0.15, 0.2) is 36.4 Å². The molecule has 1 atom stereocenters. The van der Waals surface area contributed by atoms with E-state index in [0.29, 0.717) is 17.4 Å². The lowest BCUT2D eigenvalue weighted by Gasteiger charge is -2.19. The van der Waals surface area contributed by atoms with Crippen molar-refractivity contribution in [3.8, 4) is 5.75 Å². The molecule has 9 heteroatoms. The van der Waals surface area contributed by atoms with Gasteiger partial charge < -0.3 is 10.1 Å². The lowest BCUT2D eigenvalue weighted by molar-refractivity contribution is -0.384. The molecule has 2 aromatic carbocycles. The Bertz CT molecular complexity index is 797. The van der Waals surface area contributed by atoms with Crippen LogP contribution < -0.4 is 10.1 Å². The number of alkyl halides is 3. The smallest absolute Gasteiger partial charge is 0.418 e. The molecule has 25 heavy (non-hydrogen) atoms. The number of para-hydroxylation sites is 1. The molecule has 0 saturated heterocycles. The van der Waals surface area contributed by atoms with Crippen LogP contribution in [-0.4, -0.2) is 12.0 Å². The van der Waals surface area contributed by atoms with Gasteiger partial charge in [0.05, 0.1) is 28.7 Å². The molecule has 0 aromatic heterocycles. The van der Waals surface area contributed by atoms with Gasteiger partial charge in [0.1, 0.15) is 11.4 Å². The number of halogens is 4. The summed E-state index contributed by atoms with van der Waals surface area (Å²) in [5, 5.41) is 13.4. The van der Waals surface area contributed by atoms with Crippen LogP contribution in [0.5, 0.6) is 5.75 Å². The standard InChI is InChI=1S/C16H14ClF3N2O3/c1-9(10-5-3-4-6-15(10)25-2)21-13-8-12(17)11(16(18,19)20)7-14(13)22(23)24/h3-9,21H,1-2H3. The molecule has 0 saturated carbocycles. The molecule has 134 valence electrons. The summed E-state index contributed by atoms with van der Waals surface area (Å²) in [6.45, 7) is 1.70. The summed E-state index contributed by atoms with van der Waals surface area (Å²) < 4.78 is 43.9. The van der Waals surface area contributed by atoms with Crippen molar-refractivity contribution >= 4 is 23.0 Å². The number of rotatable bonds is 5. The highest BCUT2D eigenvalue weighted by molar-refractivity contribution is 6.31. The molecule has 2 aromatic rings. The van der Waals surface area contributed by atoms with E-state index in [1.807, 2.05) is 0 Å². The van der Waals surface area contributed by atoms with Crippen molar-refractivity contribution in [1.82, 2.24) is 0 Å². The molecule has 0 fully saturated rings. The van der Waals surface area contributed by atoms with E-state index in [4.69, 9.17) is 16.3 Å². The lowest BCUT2D eigenvalue weighted by atomic mass is 10.1. The van der Waals surface area contributed by atoms with E-state index in [2.05, 4.69) is 5.32 Å². The predicted molar refractivity (Wildman–Crippen MR) is 88.1 cm³/mol. The van der Waals surface area contributed by atoms with Gasteiger partial charge in [-0.25, -0.2) is 0 Å². The monoisotopic (exact) mass is 374 g/mol. The first-order valence-electron chi connectivity index (χ1n) is 7.09. The number of nitrogens with zero attached hydrogens (tertiary/aromatic N) is 1. The van der Waals surface area contributed by atoms with Gasteiger partial charge in [-0.3, -0.25) is 10.1 Å². The summed E-state index contributed by atoms with van der Waals surface area (Å²) in [5.74, 6) is 0.545. The van der Waals surface area contributed by atoms with E-state index in [1.165, 1.54) is 7.11 Å². The van der Waals surface area contributed by atoms with Gasteiger partial charge in [-0.05, 0) is 19.1 Å². The number of methoxy groups -OCH3 is 1. The first kappa shape index (κ1) is 18.9. The van der Waals surface area contributed by atoms with Crippen LogP contribution in [0.4, 0.5) is 24.5 Å². The van der Waals surface area contributed by atoms with E-state index in [9.17, 15) is 23.3 Å². The first-order chi connectivity index (χ1) is 11.6. The van der Waals surface area contributed by atoms with E-state index in [0.717, 1.165) is 6.07 Å². The zero-order chi connectivity index (χ0) is 18.8. The SMILES string of the molecule is COc1ccccc1C(C)Nc1cc(Cl)c(C(F)(F)F)cc1[N+](=O)[O-]. The fourth-order valence-electron chi connectivity index (χ4n) is 2.38. The maximum atomic E-state index is 12.9. The van der Waals surface area contributed by atoms with Crippen molar-refractivity contribution in [2.75, 3.05) is 12.4 Å². The fraction of sp³-hybridized carbons (Fsp3) is 0.250. The Morgan fingerprint density at radius 2 is 1.92 bits per heavy atom. The Labute approximate surface area is 146 Å². The average Bonchev–Trinajstić information content (AvgIpc) is 2.53. The molecule has 1 N–H and O–H groups in total. The highest BCUT2D eigenvalue weighted by Gasteiger charge is 2.36. The van der Waals surface area contributed by atoms with Crippen molar-refractivity contribution in [1.29, 1.82) is 0 Å². The van der Waals surface area contributed by atoms with Crippen LogP contribution in [0.25, 0.3) is 0 Å². The molecule has 0 heterocycles. The third kappa shape index (κ3) is 4.14.